The summed E-state index contributed by atoms with van der Waals surface area (Å²) in [7, 11) is -0.334. The second-order valence-electron chi connectivity index (χ2n) is 7.10. The van der Waals surface area contributed by atoms with Gasteiger partial charge in [0, 0.05) is 17.7 Å². The lowest BCUT2D eigenvalue weighted by Crippen LogP contribution is -2.22. The van der Waals surface area contributed by atoms with Crippen LogP contribution >= 0.6 is 0 Å². The molecule has 2 aromatic carbocycles. The summed E-state index contributed by atoms with van der Waals surface area (Å²) in [6, 6.07) is 16.1. The molecule has 0 aliphatic carbocycles. The normalized spacial score (nSPS) is 11.6. The number of fused-ring (bicyclic) bond motifs is 1. The molecule has 4 aromatic rings. The number of sulfonamides is 1. The van der Waals surface area contributed by atoms with Crippen LogP contribution in [0.3, 0.4) is 0 Å². The minimum Gasteiger partial charge on any atom is -0.493 e. The molecule has 2 heterocycles. The van der Waals surface area contributed by atoms with Crippen LogP contribution in [0.2, 0.25) is 0 Å². The van der Waals surface area contributed by atoms with Gasteiger partial charge in [-0.1, -0.05) is 25.1 Å². The first-order valence-electron chi connectivity index (χ1n) is 10.1. The van der Waals surface area contributed by atoms with Gasteiger partial charge in [-0.3, -0.25) is 0 Å². The van der Waals surface area contributed by atoms with Crippen molar-refractivity contribution < 1.29 is 17.9 Å². The second kappa shape index (κ2) is 8.60. The Bertz CT molecular complexity index is 1380. The minimum atomic E-state index is -3.52. The van der Waals surface area contributed by atoms with Gasteiger partial charge in [-0.05, 0) is 43.3 Å². The van der Waals surface area contributed by atoms with Crippen molar-refractivity contribution in [3.05, 3.63) is 60.3 Å². The van der Waals surface area contributed by atoms with Gasteiger partial charge >= 0.3 is 0 Å². The standard InChI is InChI=1S/C23H24N4O4S/c1-5-24-32(28,29)17-11-9-16(10-12-17)22-15(2)25-21-14-13-19(26-27(21)22)18-7-6-8-20(30-3)23(18)31-4/h6-14,24H,5H2,1-4H3. The summed E-state index contributed by atoms with van der Waals surface area (Å²) in [5, 5.41) is 4.82. The third-order valence-electron chi connectivity index (χ3n) is 5.10. The van der Waals surface area contributed by atoms with Crippen LogP contribution in [0.15, 0.2) is 59.5 Å². The maximum absolute atomic E-state index is 12.3. The number of aromatic nitrogens is 3. The van der Waals surface area contributed by atoms with Crippen molar-refractivity contribution in [2.45, 2.75) is 18.7 Å². The van der Waals surface area contributed by atoms with Crippen molar-refractivity contribution in [2.75, 3.05) is 20.8 Å². The molecule has 0 bridgehead atoms. The summed E-state index contributed by atoms with van der Waals surface area (Å²) in [6.45, 7) is 3.98. The summed E-state index contributed by atoms with van der Waals surface area (Å²) >= 11 is 0. The predicted molar refractivity (Wildman–Crippen MR) is 123 cm³/mol. The number of methoxy groups -OCH3 is 2. The van der Waals surface area contributed by atoms with Gasteiger partial charge in [0.15, 0.2) is 17.1 Å². The van der Waals surface area contributed by atoms with Gasteiger partial charge in [0.05, 0.1) is 36.2 Å². The highest BCUT2D eigenvalue weighted by atomic mass is 32.2. The summed E-state index contributed by atoms with van der Waals surface area (Å²) in [6.07, 6.45) is 0. The molecule has 0 saturated heterocycles. The smallest absolute Gasteiger partial charge is 0.240 e. The van der Waals surface area contributed by atoms with Gasteiger partial charge in [-0.15, -0.1) is 0 Å². The number of para-hydroxylation sites is 1. The average Bonchev–Trinajstić information content (AvgIpc) is 3.13. The maximum Gasteiger partial charge on any atom is 0.240 e. The molecule has 0 aliphatic heterocycles. The number of ether oxygens (including phenoxy) is 2. The van der Waals surface area contributed by atoms with Gasteiger partial charge in [-0.2, -0.15) is 5.10 Å². The molecular formula is C23H24N4O4S. The molecule has 4 rings (SSSR count). The van der Waals surface area contributed by atoms with E-state index in [1.165, 1.54) is 0 Å². The molecule has 0 saturated carbocycles. The molecule has 166 valence electrons. The molecule has 32 heavy (non-hydrogen) atoms. The van der Waals surface area contributed by atoms with E-state index in [9.17, 15) is 8.42 Å². The zero-order valence-electron chi connectivity index (χ0n) is 18.3. The predicted octanol–water partition coefficient (Wildman–Crippen LogP) is 3.69. The van der Waals surface area contributed by atoms with E-state index < -0.39 is 10.0 Å². The Kier molecular flexibility index (Phi) is 5.86. The van der Waals surface area contributed by atoms with Crippen molar-refractivity contribution in [2.24, 2.45) is 0 Å². The number of imidazole rings is 1. The number of hydrogen-bond donors (Lipinski definition) is 1. The number of nitrogens with zero attached hydrogens (tertiary/aromatic N) is 3. The zero-order chi connectivity index (χ0) is 22.9. The molecule has 9 heteroatoms. The summed E-state index contributed by atoms with van der Waals surface area (Å²) < 4.78 is 39.8. The third-order valence-corrected chi connectivity index (χ3v) is 6.66. The van der Waals surface area contributed by atoms with E-state index >= 15 is 0 Å². The van der Waals surface area contributed by atoms with Crippen LogP contribution in [-0.2, 0) is 10.0 Å². The van der Waals surface area contributed by atoms with Crippen LogP contribution in [0.5, 0.6) is 11.5 Å². The van der Waals surface area contributed by atoms with E-state index in [0.29, 0.717) is 29.4 Å². The highest BCUT2D eigenvalue weighted by Gasteiger charge is 2.18. The Morgan fingerprint density at radius 1 is 1.00 bits per heavy atom. The van der Waals surface area contributed by atoms with Crippen molar-refractivity contribution >= 4 is 15.7 Å². The minimum absolute atomic E-state index is 0.212. The maximum atomic E-state index is 12.3. The van der Waals surface area contributed by atoms with Crippen molar-refractivity contribution in [3.8, 4) is 34.0 Å². The van der Waals surface area contributed by atoms with Crippen molar-refractivity contribution in [1.29, 1.82) is 0 Å². The molecule has 0 amide bonds. The van der Waals surface area contributed by atoms with Crippen LogP contribution in [0, 0.1) is 6.92 Å². The first-order valence-corrected chi connectivity index (χ1v) is 11.6. The van der Waals surface area contributed by atoms with Crippen LogP contribution in [0.25, 0.3) is 28.2 Å². The van der Waals surface area contributed by atoms with Crippen LogP contribution in [-0.4, -0.2) is 43.8 Å². The lowest BCUT2D eigenvalue weighted by Gasteiger charge is -2.12. The second-order valence-corrected chi connectivity index (χ2v) is 8.87. The molecule has 8 nitrogen and oxygen atoms in total. The molecular weight excluding hydrogens is 428 g/mol. The molecule has 0 radical (unpaired) electrons. The van der Waals surface area contributed by atoms with Gasteiger partial charge in [0.25, 0.3) is 0 Å². The van der Waals surface area contributed by atoms with Crippen molar-refractivity contribution in [3.63, 3.8) is 0 Å². The van der Waals surface area contributed by atoms with Crippen LogP contribution < -0.4 is 14.2 Å². The Hall–Kier alpha value is -3.43. The van der Waals surface area contributed by atoms with E-state index in [2.05, 4.69) is 9.71 Å². The summed E-state index contributed by atoms with van der Waals surface area (Å²) in [5.74, 6) is 1.21. The number of benzene rings is 2. The summed E-state index contributed by atoms with van der Waals surface area (Å²) in [5.41, 5.74) is 4.56. The van der Waals surface area contributed by atoms with Gasteiger partial charge in [0.1, 0.15) is 0 Å². The molecule has 0 aliphatic rings. The summed E-state index contributed by atoms with van der Waals surface area (Å²) in [4.78, 5) is 4.83. The fourth-order valence-corrected chi connectivity index (χ4v) is 4.71. The lowest BCUT2D eigenvalue weighted by atomic mass is 10.1. The van der Waals surface area contributed by atoms with E-state index in [1.54, 1.807) is 49.9 Å². The largest absolute Gasteiger partial charge is 0.493 e. The Labute approximate surface area is 186 Å². The quantitative estimate of drug-likeness (QED) is 0.460. The SMILES string of the molecule is CCNS(=O)(=O)c1ccc(-c2c(C)nc3ccc(-c4cccc(OC)c4OC)nn23)cc1. The molecule has 0 unspecified atom stereocenters. The number of nitrogens with one attached hydrogen (secondary N) is 1. The Morgan fingerprint density at radius 2 is 1.75 bits per heavy atom. The number of rotatable bonds is 7. The van der Waals surface area contributed by atoms with E-state index in [1.807, 2.05) is 37.3 Å². The van der Waals surface area contributed by atoms with E-state index in [4.69, 9.17) is 14.6 Å². The average molecular weight is 453 g/mol. The van der Waals surface area contributed by atoms with E-state index in [-0.39, 0.29) is 4.90 Å². The molecule has 1 N–H and O–H groups in total. The molecule has 0 atom stereocenters. The van der Waals surface area contributed by atoms with Gasteiger partial charge < -0.3 is 9.47 Å². The fourth-order valence-electron chi connectivity index (χ4n) is 3.67. The van der Waals surface area contributed by atoms with Crippen molar-refractivity contribution in [1.82, 2.24) is 19.3 Å². The van der Waals surface area contributed by atoms with E-state index in [0.717, 1.165) is 22.5 Å². The van der Waals surface area contributed by atoms with Crippen LogP contribution in [0.1, 0.15) is 12.6 Å². The first-order chi connectivity index (χ1) is 15.4. The molecule has 2 aromatic heterocycles. The number of hydrogen-bond acceptors (Lipinski definition) is 6. The van der Waals surface area contributed by atoms with Gasteiger partial charge in [-0.25, -0.2) is 22.6 Å². The Balaban J connectivity index is 1.84. The number of aryl methyl sites for hydroxylation is 1. The molecule has 0 spiro atoms. The highest BCUT2D eigenvalue weighted by molar-refractivity contribution is 7.89. The topological polar surface area (TPSA) is 94.8 Å². The van der Waals surface area contributed by atoms with Gasteiger partial charge in [0.2, 0.25) is 10.0 Å². The van der Waals surface area contributed by atoms with Crippen LogP contribution in [0.4, 0.5) is 0 Å². The third kappa shape index (κ3) is 3.80. The first kappa shape index (κ1) is 21.8. The molecule has 0 fully saturated rings. The fraction of sp³-hybridized carbons (Fsp3) is 0.217. The zero-order valence-corrected chi connectivity index (χ0v) is 19.1. The Morgan fingerprint density at radius 3 is 2.41 bits per heavy atom. The highest BCUT2D eigenvalue weighted by Crippen LogP contribution is 2.37. The lowest BCUT2D eigenvalue weighted by molar-refractivity contribution is 0.356. The monoisotopic (exact) mass is 452 g/mol.